The summed E-state index contributed by atoms with van der Waals surface area (Å²) in [4.78, 5) is 15.4. The van der Waals surface area contributed by atoms with Crippen LogP contribution in [0, 0.1) is 6.92 Å². The fourth-order valence-electron chi connectivity index (χ4n) is 1.11. The zero-order chi connectivity index (χ0) is 10.6. The Hall–Kier alpha value is -1.42. The van der Waals surface area contributed by atoms with Gasteiger partial charge in [-0.1, -0.05) is 0 Å². The third kappa shape index (κ3) is 2.29. The normalized spacial score (nSPS) is 9.93. The predicted molar refractivity (Wildman–Crippen MR) is 52.8 cm³/mol. The Labute approximate surface area is 83.1 Å². The zero-order valence-electron chi connectivity index (χ0n) is 8.41. The summed E-state index contributed by atoms with van der Waals surface area (Å²) in [5, 5.41) is 0. The van der Waals surface area contributed by atoms with E-state index in [1.165, 1.54) is 6.20 Å². The number of hydrogen-bond donors (Lipinski definition) is 1. The maximum absolute atomic E-state index is 11.3. The minimum Gasteiger partial charge on any atom is -0.462 e. The van der Waals surface area contributed by atoms with Gasteiger partial charge in [-0.05, 0) is 25.5 Å². The van der Waals surface area contributed by atoms with Gasteiger partial charge in [0.05, 0.1) is 12.2 Å². The topological polar surface area (TPSA) is 65.2 Å². The molecular weight excluding hydrogens is 180 g/mol. The predicted octanol–water partition coefficient (Wildman–Crippen LogP) is 1.03. The molecule has 4 heteroatoms. The number of esters is 1. The van der Waals surface area contributed by atoms with Crippen LogP contribution in [0.3, 0.4) is 0 Å². The third-order valence-corrected chi connectivity index (χ3v) is 1.92. The number of carbonyl (C=O) groups excluding carboxylic acids is 1. The van der Waals surface area contributed by atoms with Crippen molar-refractivity contribution in [2.75, 3.05) is 6.61 Å². The molecule has 4 nitrogen and oxygen atoms in total. The number of nitrogens with zero attached hydrogens (tertiary/aromatic N) is 1. The highest BCUT2D eigenvalue weighted by Gasteiger charge is 2.08. The van der Waals surface area contributed by atoms with Crippen LogP contribution >= 0.6 is 0 Å². The van der Waals surface area contributed by atoms with Crippen molar-refractivity contribution in [1.82, 2.24) is 4.98 Å². The van der Waals surface area contributed by atoms with E-state index in [4.69, 9.17) is 10.5 Å². The van der Waals surface area contributed by atoms with E-state index in [2.05, 4.69) is 4.98 Å². The van der Waals surface area contributed by atoms with Crippen LogP contribution in [0.5, 0.6) is 0 Å². The lowest BCUT2D eigenvalue weighted by Gasteiger charge is -2.05. The van der Waals surface area contributed by atoms with Crippen LogP contribution in [0.2, 0.25) is 0 Å². The maximum atomic E-state index is 11.3. The first kappa shape index (κ1) is 10.7. The van der Waals surface area contributed by atoms with Crippen molar-refractivity contribution < 1.29 is 9.53 Å². The van der Waals surface area contributed by atoms with Crippen LogP contribution in [0.1, 0.15) is 28.5 Å². The number of pyridine rings is 1. The summed E-state index contributed by atoms with van der Waals surface area (Å²) in [6.07, 6.45) is 1.51. The monoisotopic (exact) mass is 194 g/mol. The van der Waals surface area contributed by atoms with E-state index >= 15 is 0 Å². The second-order valence-corrected chi connectivity index (χ2v) is 2.89. The molecule has 0 saturated heterocycles. The fourth-order valence-corrected chi connectivity index (χ4v) is 1.11. The van der Waals surface area contributed by atoms with Crippen LogP contribution in [-0.4, -0.2) is 17.6 Å². The van der Waals surface area contributed by atoms with E-state index in [1.807, 2.05) is 6.92 Å². The molecule has 0 unspecified atom stereocenters. The van der Waals surface area contributed by atoms with Crippen LogP contribution < -0.4 is 5.73 Å². The average molecular weight is 194 g/mol. The van der Waals surface area contributed by atoms with Crippen molar-refractivity contribution in [2.45, 2.75) is 20.4 Å². The summed E-state index contributed by atoms with van der Waals surface area (Å²) in [5.41, 5.74) is 7.68. The van der Waals surface area contributed by atoms with E-state index < -0.39 is 0 Å². The number of carbonyl (C=O) groups is 1. The number of aromatic nitrogens is 1. The largest absolute Gasteiger partial charge is 0.462 e. The Balaban J connectivity index is 2.94. The summed E-state index contributed by atoms with van der Waals surface area (Å²) in [6.45, 7) is 4.37. The highest BCUT2D eigenvalue weighted by molar-refractivity contribution is 5.89. The summed E-state index contributed by atoms with van der Waals surface area (Å²) in [6, 6.07) is 1.72. The second kappa shape index (κ2) is 4.72. The summed E-state index contributed by atoms with van der Waals surface area (Å²) < 4.78 is 4.85. The lowest BCUT2D eigenvalue weighted by Crippen LogP contribution is -2.08. The van der Waals surface area contributed by atoms with Crippen LogP contribution in [0.4, 0.5) is 0 Å². The number of ether oxygens (including phenoxy) is 1. The lowest BCUT2D eigenvalue weighted by atomic mass is 10.1. The Morgan fingerprint density at radius 3 is 2.93 bits per heavy atom. The number of aryl methyl sites for hydroxylation is 1. The van der Waals surface area contributed by atoms with Gasteiger partial charge >= 0.3 is 5.97 Å². The van der Waals surface area contributed by atoms with Crippen molar-refractivity contribution in [3.05, 3.63) is 29.1 Å². The summed E-state index contributed by atoms with van der Waals surface area (Å²) in [5.74, 6) is -0.352. The van der Waals surface area contributed by atoms with Gasteiger partial charge in [-0.2, -0.15) is 0 Å². The van der Waals surface area contributed by atoms with Gasteiger partial charge in [0, 0.05) is 18.4 Å². The SMILES string of the molecule is CCOC(=O)c1cnc(C)c(CN)c1. The molecule has 0 aliphatic carbocycles. The third-order valence-electron chi connectivity index (χ3n) is 1.92. The van der Waals surface area contributed by atoms with Gasteiger partial charge in [-0.15, -0.1) is 0 Å². The molecule has 14 heavy (non-hydrogen) atoms. The van der Waals surface area contributed by atoms with Gasteiger partial charge in [0.25, 0.3) is 0 Å². The number of nitrogens with two attached hydrogens (primary N) is 1. The van der Waals surface area contributed by atoms with Gasteiger partial charge in [0.2, 0.25) is 0 Å². The molecule has 0 fully saturated rings. The first-order chi connectivity index (χ1) is 6.69. The molecular formula is C10H14N2O2. The molecule has 0 saturated carbocycles. The summed E-state index contributed by atoms with van der Waals surface area (Å²) >= 11 is 0. The average Bonchev–Trinajstić information content (AvgIpc) is 2.19. The van der Waals surface area contributed by atoms with Gasteiger partial charge in [0.15, 0.2) is 0 Å². The molecule has 0 spiro atoms. The van der Waals surface area contributed by atoms with E-state index in [0.717, 1.165) is 11.3 Å². The van der Waals surface area contributed by atoms with Crippen molar-refractivity contribution in [3.8, 4) is 0 Å². The van der Waals surface area contributed by atoms with E-state index in [1.54, 1.807) is 13.0 Å². The van der Waals surface area contributed by atoms with Crippen molar-refractivity contribution in [1.29, 1.82) is 0 Å². The molecule has 0 aliphatic heterocycles. The standard InChI is InChI=1S/C10H14N2O2/c1-3-14-10(13)9-4-8(5-11)7(2)12-6-9/h4,6H,3,5,11H2,1-2H3. The van der Waals surface area contributed by atoms with Crippen molar-refractivity contribution in [3.63, 3.8) is 0 Å². The van der Waals surface area contributed by atoms with E-state index in [0.29, 0.717) is 18.7 Å². The molecule has 2 N–H and O–H groups in total. The Bertz CT molecular complexity index is 337. The van der Waals surface area contributed by atoms with Gasteiger partial charge in [-0.3, -0.25) is 4.98 Å². The molecule has 0 radical (unpaired) electrons. The van der Waals surface area contributed by atoms with E-state index in [-0.39, 0.29) is 5.97 Å². The molecule has 0 atom stereocenters. The molecule has 0 aromatic carbocycles. The van der Waals surface area contributed by atoms with E-state index in [9.17, 15) is 4.79 Å². The maximum Gasteiger partial charge on any atom is 0.339 e. The lowest BCUT2D eigenvalue weighted by molar-refractivity contribution is 0.0525. The molecule has 1 heterocycles. The fraction of sp³-hybridized carbons (Fsp3) is 0.400. The van der Waals surface area contributed by atoms with Crippen LogP contribution in [0.25, 0.3) is 0 Å². The molecule has 0 aliphatic rings. The highest BCUT2D eigenvalue weighted by atomic mass is 16.5. The first-order valence-corrected chi connectivity index (χ1v) is 4.51. The molecule has 1 rings (SSSR count). The van der Waals surface area contributed by atoms with Crippen molar-refractivity contribution in [2.24, 2.45) is 5.73 Å². The van der Waals surface area contributed by atoms with Gasteiger partial charge in [-0.25, -0.2) is 4.79 Å². The molecule has 0 amide bonds. The quantitative estimate of drug-likeness (QED) is 0.730. The molecule has 1 aromatic heterocycles. The Morgan fingerprint density at radius 2 is 2.36 bits per heavy atom. The summed E-state index contributed by atoms with van der Waals surface area (Å²) in [7, 11) is 0. The number of rotatable bonds is 3. The Morgan fingerprint density at radius 1 is 1.64 bits per heavy atom. The molecule has 0 bridgehead atoms. The highest BCUT2D eigenvalue weighted by Crippen LogP contribution is 2.08. The minimum atomic E-state index is -0.352. The number of hydrogen-bond acceptors (Lipinski definition) is 4. The van der Waals surface area contributed by atoms with Crippen molar-refractivity contribution >= 4 is 5.97 Å². The minimum absolute atomic E-state index is 0.352. The first-order valence-electron chi connectivity index (χ1n) is 4.51. The smallest absolute Gasteiger partial charge is 0.339 e. The van der Waals surface area contributed by atoms with Gasteiger partial charge in [0.1, 0.15) is 0 Å². The molecule has 76 valence electrons. The Kier molecular flexibility index (Phi) is 3.59. The second-order valence-electron chi connectivity index (χ2n) is 2.89. The van der Waals surface area contributed by atoms with Crippen LogP contribution in [0.15, 0.2) is 12.3 Å². The molecule has 1 aromatic rings. The van der Waals surface area contributed by atoms with Crippen LogP contribution in [-0.2, 0) is 11.3 Å². The van der Waals surface area contributed by atoms with Gasteiger partial charge < -0.3 is 10.5 Å². The zero-order valence-corrected chi connectivity index (χ0v) is 8.41.